The van der Waals surface area contributed by atoms with Gasteiger partial charge >= 0.3 is 0 Å². The number of ketones is 1. The SMILES string of the molecule is CC(C)(C(=O)c1ccc(-c2ccccc2)cc1)N1CCOCC1. The summed E-state index contributed by atoms with van der Waals surface area (Å²) < 4.78 is 5.39. The fraction of sp³-hybridized carbons (Fsp3) is 0.350. The van der Waals surface area contributed by atoms with Crippen LogP contribution in [-0.2, 0) is 4.74 Å². The van der Waals surface area contributed by atoms with Crippen molar-refractivity contribution in [3.8, 4) is 11.1 Å². The van der Waals surface area contributed by atoms with Gasteiger partial charge in [-0.15, -0.1) is 0 Å². The average molecular weight is 309 g/mol. The average Bonchev–Trinajstić information content (AvgIpc) is 2.63. The first-order valence-electron chi connectivity index (χ1n) is 8.12. The Balaban J connectivity index is 1.79. The minimum atomic E-state index is -0.502. The molecule has 1 aliphatic rings. The van der Waals surface area contributed by atoms with E-state index in [2.05, 4.69) is 17.0 Å². The van der Waals surface area contributed by atoms with Crippen LogP contribution in [0, 0.1) is 0 Å². The molecule has 120 valence electrons. The van der Waals surface area contributed by atoms with Crippen LogP contribution in [0.15, 0.2) is 54.6 Å². The summed E-state index contributed by atoms with van der Waals surface area (Å²) in [6, 6.07) is 18.1. The van der Waals surface area contributed by atoms with Crippen LogP contribution in [0.5, 0.6) is 0 Å². The number of nitrogens with zero attached hydrogens (tertiary/aromatic N) is 1. The minimum Gasteiger partial charge on any atom is -0.379 e. The summed E-state index contributed by atoms with van der Waals surface area (Å²) in [6.45, 7) is 7.02. The van der Waals surface area contributed by atoms with Crippen LogP contribution < -0.4 is 0 Å². The first kappa shape index (κ1) is 15.9. The molecule has 3 nitrogen and oxygen atoms in total. The van der Waals surface area contributed by atoms with Crippen LogP contribution in [0.4, 0.5) is 0 Å². The molecule has 0 atom stereocenters. The Labute approximate surface area is 137 Å². The summed E-state index contributed by atoms with van der Waals surface area (Å²) in [6.07, 6.45) is 0. The van der Waals surface area contributed by atoms with Crippen molar-refractivity contribution in [2.45, 2.75) is 19.4 Å². The van der Waals surface area contributed by atoms with Gasteiger partial charge in [0.25, 0.3) is 0 Å². The van der Waals surface area contributed by atoms with E-state index in [9.17, 15) is 4.79 Å². The van der Waals surface area contributed by atoms with Gasteiger partial charge < -0.3 is 4.74 Å². The number of hydrogen-bond donors (Lipinski definition) is 0. The molecular formula is C20H23NO2. The molecule has 0 unspecified atom stereocenters. The normalized spacial score (nSPS) is 16.3. The first-order chi connectivity index (χ1) is 11.1. The highest BCUT2D eigenvalue weighted by atomic mass is 16.5. The van der Waals surface area contributed by atoms with Gasteiger partial charge in [-0.25, -0.2) is 0 Å². The number of ether oxygens (including phenoxy) is 1. The number of morpholine rings is 1. The largest absolute Gasteiger partial charge is 0.379 e. The number of rotatable bonds is 4. The second-order valence-electron chi connectivity index (χ2n) is 6.43. The molecule has 23 heavy (non-hydrogen) atoms. The quantitative estimate of drug-likeness (QED) is 0.808. The molecule has 0 N–H and O–H groups in total. The Morgan fingerprint density at radius 2 is 1.48 bits per heavy atom. The second-order valence-corrected chi connectivity index (χ2v) is 6.43. The molecule has 3 heteroatoms. The molecule has 0 saturated carbocycles. The number of Topliss-reactive ketones (excluding diaryl/α,β-unsaturated/α-hetero) is 1. The molecular weight excluding hydrogens is 286 g/mol. The zero-order valence-electron chi connectivity index (χ0n) is 13.8. The van der Waals surface area contributed by atoms with Gasteiger partial charge in [0.15, 0.2) is 5.78 Å². The van der Waals surface area contributed by atoms with Gasteiger partial charge in [-0.05, 0) is 25.0 Å². The molecule has 1 saturated heterocycles. The van der Waals surface area contributed by atoms with E-state index in [1.54, 1.807) is 0 Å². The van der Waals surface area contributed by atoms with E-state index < -0.39 is 5.54 Å². The minimum absolute atomic E-state index is 0.166. The second kappa shape index (κ2) is 6.65. The lowest BCUT2D eigenvalue weighted by Gasteiger charge is -2.39. The Morgan fingerprint density at radius 3 is 2.09 bits per heavy atom. The van der Waals surface area contributed by atoms with Gasteiger partial charge in [0.1, 0.15) is 0 Å². The van der Waals surface area contributed by atoms with Crippen LogP contribution >= 0.6 is 0 Å². The summed E-state index contributed by atoms with van der Waals surface area (Å²) in [5.41, 5.74) is 2.56. The number of hydrogen-bond acceptors (Lipinski definition) is 3. The van der Waals surface area contributed by atoms with E-state index in [0.29, 0.717) is 13.2 Å². The third-order valence-corrected chi connectivity index (χ3v) is 4.61. The highest BCUT2D eigenvalue weighted by Crippen LogP contribution is 2.24. The number of benzene rings is 2. The van der Waals surface area contributed by atoms with Gasteiger partial charge in [0.05, 0.1) is 18.8 Å². The molecule has 0 aromatic heterocycles. The van der Waals surface area contributed by atoms with Gasteiger partial charge in [-0.1, -0.05) is 54.6 Å². The van der Waals surface area contributed by atoms with Crippen molar-refractivity contribution in [2.24, 2.45) is 0 Å². The van der Waals surface area contributed by atoms with E-state index in [1.165, 1.54) is 5.56 Å². The van der Waals surface area contributed by atoms with Crippen molar-refractivity contribution in [2.75, 3.05) is 26.3 Å². The number of carbonyl (C=O) groups excluding carboxylic acids is 1. The molecule has 0 aliphatic carbocycles. The van der Waals surface area contributed by atoms with Gasteiger partial charge in [-0.2, -0.15) is 0 Å². The highest BCUT2D eigenvalue weighted by molar-refractivity contribution is 6.03. The third kappa shape index (κ3) is 3.36. The van der Waals surface area contributed by atoms with Crippen molar-refractivity contribution < 1.29 is 9.53 Å². The maximum absolute atomic E-state index is 12.9. The van der Waals surface area contributed by atoms with Crippen molar-refractivity contribution in [1.29, 1.82) is 0 Å². The Kier molecular flexibility index (Phi) is 4.60. The summed E-state index contributed by atoms with van der Waals surface area (Å²) >= 11 is 0. The van der Waals surface area contributed by atoms with Gasteiger partial charge in [0, 0.05) is 18.7 Å². The molecule has 1 aliphatic heterocycles. The maximum atomic E-state index is 12.9. The van der Waals surface area contributed by atoms with Crippen molar-refractivity contribution in [3.63, 3.8) is 0 Å². The lowest BCUT2D eigenvalue weighted by atomic mass is 9.90. The molecule has 1 fully saturated rings. The monoisotopic (exact) mass is 309 g/mol. The molecule has 3 rings (SSSR count). The summed E-state index contributed by atoms with van der Waals surface area (Å²) in [5.74, 6) is 0.166. The summed E-state index contributed by atoms with van der Waals surface area (Å²) in [5, 5.41) is 0. The van der Waals surface area contributed by atoms with E-state index in [-0.39, 0.29) is 5.78 Å². The molecule has 0 spiro atoms. The standard InChI is InChI=1S/C20H23NO2/c1-20(2,21-12-14-23-15-13-21)19(22)18-10-8-17(9-11-18)16-6-4-3-5-7-16/h3-11H,12-15H2,1-2H3. The van der Waals surface area contributed by atoms with Crippen molar-refractivity contribution in [3.05, 3.63) is 60.2 Å². The van der Waals surface area contributed by atoms with Crippen LogP contribution in [0.2, 0.25) is 0 Å². The zero-order valence-corrected chi connectivity index (χ0v) is 13.8. The van der Waals surface area contributed by atoms with Gasteiger partial charge in [0.2, 0.25) is 0 Å². The van der Waals surface area contributed by atoms with Crippen LogP contribution in [0.25, 0.3) is 11.1 Å². The van der Waals surface area contributed by atoms with E-state index in [0.717, 1.165) is 24.2 Å². The Bertz CT molecular complexity index is 656. The predicted octanol–water partition coefficient (Wildman–Crippen LogP) is 3.65. The molecule has 0 amide bonds. The number of carbonyl (C=O) groups is 1. The molecule has 2 aromatic carbocycles. The van der Waals surface area contributed by atoms with Crippen molar-refractivity contribution in [1.82, 2.24) is 4.90 Å². The molecule has 2 aromatic rings. The lowest BCUT2D eigenvalue weighted by molar-refractivity contribution is -0.00429. The fourth-order valence-electron chi connectivity index (χ4n) is 3.06. The molecule has 0 bridgehead atoms. The Morgan fingerprint density at radius 1 is 0.913 bits per heavy atom. The summed E-state index contributed by atoms with van der Waals surface area (Å²) in [4.78, 5) is 15.1. The van der Waals surface area contributed by atoms with Gasteiger partial charge in [-0.3, -0.25) is 9.69 Å². The van der Waals surface area contributed by atoms with Crippen molar-refractivity contribution >= 4 is 5.78 Å². The summed E-state index contributed by atoms with van der Waals surface area (Å²) in [7, 11) is 0. The van der Waals surface area contributed by atoms with Crippen LogP contribution in [0.3, 0.4) is 0 Å². The van der Waals surface area contributed by atoms with Crippen LogP contribution in [0.1, 0.15) is 24.2 Å². The fourth-order valence-corrected chi connectivity index (χ4v) is 3.06. The van der Waals surface area contributed by atoms with E-state index >= 15 is 0 Å². The smallest absolute Gasteiger partial charge is 0.182 e. The zero-order chi connectivity index (χ0) is 16.3. The van der Waals surface area contributed by atoms with E-state index in [1.807, 2.05) is 56.3 Å². The topological polar surface area (TPSA) is 29.5 Å². The third-order valence-electron chi connectivity index (χ3n) is 4.61. The Hall–Kier alpha value is -1.97. The maximum Gasteiger partial charge on any atom is 0.182 e. The molecule has 1 heterocycles. The predicted molar refractivity (Wildman–Crippen MR) is 92.7 cm³/mol. The van der Waals surface area contributed by atoms with Crippen LogP contribution in [-0.4, -0.2) is 42.5 Å². The lowest BCUT2D eigenvalue weighted by Crippen LogP contribution is -2.54. The first-order valence-corrected chi connectivity index (χ1v) is 8.12. The molecule has 0 radical (unpaired) electrons. The van der Waals surface area contributed by atoms with E-state index in [4.69, 9.17) is 4.74 Å². The highest BCUT2D eigenvalue weighted by Gasteiger charge is 2.35.